The Bertz CT molecular complexity index is 348. The molecule has 0 bridgehead atoms. The van der Waals surface area contributed by atoms with Gasteiger partial charge in [0.25, 0.3) is 0 Å². The average molecular weight is 209 g/mol. The molecule has 0 radical (unpaired) electrons. The summed E-state index contributed by atoms with van der Waals surface area (Å²) < 4.78 is 0. The van der Waals surface area contributed by atoms with Crippen LogP contribution in [0.25, 0.3) is 0 Å². The minimum Gasteiger partial charge on any atom is -0.396 e. The van der Waals surface area contributed by atoms with Crippen LogP contribution in [0.1, 0.15) is 13.8 Å². The van der Waals surface area contributed by atoms with Crippen molar-refractivity contribution in [2.45, 2.75) is 13.8 Å². The maximum Gasteiger partial charge on any atom is 0.231 e. The number of imide groups is 1. The van der Waals surface area contributed by atoms with E-state index in [0.717, 1.165) is 5.57 Å². The van der Waals surface area contributed by atoms with Crippen LogP contribution in [0.15, 0.2) is 11.6 Å². The summed E-state index contributed by atoms with van der Waals surface area (Å²) in [6, 6.07) is 0. The van der Waals surface area contributed by atoms with Gasteiger partial charge >= 0.3 is 0 Å². The number of hydrogen-bond acceptors (Lipinski definition) is 3. The lowest BCUT2D eigenvalue weighted by atomic mass is 9.69. The number of fused-ring (bicyclic) bond motifs is 1. The fraction of sp³-hybridized carbons (Fsp3) is 0.636. The second-order valence-corrected chi connectivity index (χ2v) is 4.45. The Labute approximate surface area is 88.4 Å². The molecule has 2 amide bonds. The van der Waals surface area contributed by atoms with Crippen molar-refractivity contribution in [3.63, 3.8) is 0 Å². The minimum atomic E-state index is -0.374. The van der Waals surface area contributed by atoms with Gasteiger partial charge in [-0.2, -0.15) is 0 Å². The predicted octanol–water partition coefficient (Wildman–Crippen LogP) is 0.0797. The first-order valence-electron chi connectivity index (χ1n) is 5.20. The van der Waals surface area contributed by atoms with Crippen LogP contribution in [0.3, 0.4) is 0 Å². The van der Waals surface area contributed by atoms with Crippen molar-refractivity contribution in [3.8, 4) is 0 Å². The van der Waals surface area contributed by atoms with E-state index in [1.807, 2.05) is 19.9 Å². The highest BCUT2D eigenvalue weighted by atomic mass is 16.3. The highest BCUT2D eigenvalue weighted by Crippen LogP contribution is 2.40. The van der Waals surface area contributed by atoms with Crippen molar-refractivity contribution in [2.75, 3.05) is 6.61 Å². The van der Waals surface area contributed by atoms with E-state index < -0.39 is 0 Å². The Kier molecular flexibility index (Phi) is 2.38. The average Bonchev–Trinajstić information content (AvgIpc) is 2.48. The molecule has 2 rings (SSSR count). The summed E-state index contributed by atoms with van der Waals surface area (Å²) >= 11 is 0. The molecule has 1 saturated heterocycles. The number of aliphatic hydroxyl groups is 1. The van der Waals surface area contributed by atoms with Crippen LogP contribution in [0.2, 0.25) is 0 Å². The van der Waals surface area contributed by atoms with Crippen molar-refractivity contribution in [3.05, 3.63) is 11.6 Å². The molecule has 2 aliphatic rings. The van der Waals surface area contributed by atoms with E-state index in [4.69, 9.17) is 0 Å². The smallest absolute Gasteiger partial charge is 0.231 e. The molecule has 82 valence electrons. The van der Waals surface area contributed by atoms with E-state index in [1.54, 1.807) is 0 Å². The van der Waals surface area contributed by atoms with Crippen LogP contribution in [0.4, 0.5) is 0 Å². The van der Waals surface area contributed by atoms with Gasteiger partial charge in [0.15, 0.2) is 0 Å². The Hall–Kier alpha value is -1.16. The van der Waals surface area contributed by atoms with Crippen molar-refractivity contribution >= 4 is 11.8 Å². The Balaban J connectivity index is 2.41. The summed E-state index contributed by atoms with van der Waals surface area (Å²) in [5.74, 6) is -1.22. The fourth-order valence-electron chi connectivity index (χ4n) is 2.66. The van der Waals surface area contributed by atoms with Gasteiger partial charge in [-0.15, -0.1) is 0 Å². The molecule has 2 N–H and O–H groups in total. The van der Waals surface area contributed by atoms with Gasteiger partial charge in [-0.25, -0.2) is 0 Å². The predicted molar refractivity (Wildman–Crippen MR) is 53.6 cm³/mol. The van der Waals surface area contributed by atoms with Crippen LogP contribution in [-0.4, -0.2) is 23.5 Å². The van der Waals surface area contributed by atoms with E-state index in [2.05, 4.69) is 5.32 Å². The fourth-order valence-corrected chi connectivity index (χ4v) is 2.66. The quantitative estimate of drug-likeness (QED) is 0.475. The normalized spacial score (nSPS) is 39.8. The second kappa shape index (κ2) is 3.45. The van der Waals surface area contributed by atoms with Gasteiger partial charge in [0.05, 0.1) is 18.4 Å². The first-order valence-corrected chi connectivity index (χ1v) is 5.20. The monoisotopic (exact) mass is 209 g/mol. The highest BCUT2D eigenvalue weighted by molar-refractivity contribution is 6.05. The van der Waals surface area contributed by atoms with E-state index in [1.165, 1.54) is 0 Å². The zero-order chi connectivity index (χ0) is 11.2. The molecule has 1 fully saturated rings. The standard InChI is InChI=1S/C11H15NO3/c1-5-3-7(4-13)9-8(6(5)2)10(14)12-11(9)15/h3,6-9,13H,4H2,1-2H3,(H,12,14,15)/t6-,7+,8-,9-/m1/s1. The van der Waals surface area contributed by atoms with Crippen LogP contribution in [0, 0.1) is 23.7 Å². The molecule has 15 heavy (non-hydrogen) atoms. The number of amides is 2. The number of hydrogen-bond donors (Lipinski definition) is 2. The third kappa shape index (κ3) is 1.40. The summed E-state index contributed by atoms with van der Waals surface area (Å²) in [5, 5.41) is 11.6. The number of rotatable bonds is 1. The topological polar surface area (TPSA) is 66.4 Å². The zero-order valence-corrected chi connectivity index (χ0v) is 8.86. The number of allylic oxidation sites excluding steroid dienone is 1. The number of aliphatic hydroxyl groups excluding tert-OH is 1. The molecule has 1 aliphatic heterocycles. The van der Waals surface area contributed by atoms with Gasteiger partial charge in [0.1, 0.15) is 0 Å². The molecule has 4 nitrogen and oxygen atoms in total. The molecule has 0 saturated carbocycles. The summed E-state index contributed by atoms with van der Waals surface area (Å²) in [5.41, 5.74) is 1.08. The maximum absolute atomic E-state index is 11.6. The summed E-state index contributed by atoms with van der Waals surface area (Å²) in [6.07, 6.45) is 1.92. The highest BCUT2D eigenvalue weighted by Gasteiger charge is 2.50. The Morgan fingerprint density at radius 1 is 1.33 bits per heavy atom. The maximum atomic E-state index is 11.6. The molecule has 4 heteroatoms. The molecule has 4 atom stereocenters. The SMILES string of the molecule is CC1=C[C@@H](CO)[C@H]2C(=O)NC(=O)[C@@H]2[C@@H]1C. The van der Waals surface area contributed by atoms with Crippen LogP contribution in [0.5, 0.6) is 0 Å². The van der Waals surface area contributed by atoms with Crippen molar-refractivity contribution in [1.29, 1.82) is 0 Å². The number of carbonyl (C=O) groups is 2. The lowest BCUT2D eigenvalue weighted by Gasteiger charge is -2.32. The molecule has 0 spiro atoms. The largest absolute Gasteiger partial charge is 0.396 e. The molecule has 1 aliphatic carbocycles. The third-order valence-electron chi connectivity index (χ3n) is 3.64. The third-order valence-corrected chi connectivity index (χ3v) is 3.64. The summed E-state index contributed by atoms with van der Waals surface area (Å²) in [4.78, 5) is 23.2. The van der Waals surface area contributed by atoms with Crippen LogP contribution in [-0.2, 0) is 9.59 Å². The van der Waals surface area contributed by atoms with E-state index in [-0.39, 0.29) is 42.1 Å². The lowest BCUT2D eigenvalue weighted by Crippen LogP contribution is -2.36. The molecule has 0 aromatic carbocycles. The number of carbonyl (C=O) groups excluding carboxylic acids is 2. The minimum absolute atomic E-state index is 0.0775. The van der Waals surface area contributed by atoms with Gasteiger partial charge in [-0.1, -0.05) is 18.6 Å². The second-order valence-electron chi connectivity index (χ2n) is 4.45. The summed E-state index contributed by atoms with van der Waals surface area (Å²) in [6.45, 7) is 3.82. The Morgan fingerprint density at radius 2 is 1.93 bits per heavy atom. The Morgan fingerprint density at radius 3 is 2.53 bits per heavy atom. The molecule has 0 unspecified atom stereocenters. The van der Waals surface area contributed by atoms with Crippen molar-refractivity contribution in [2.24, 2.45) is 23.7 Å². The lowest BCUT2D eigenvalue weighted by molar-refractivity contribution is -0.126. The van der Waals surface area contributed by atoms with Crippen LogP contribution >= 0.6 is 0 Å². The van der Waals surface area contributed by atoms with Gasteiger partial charge in [-0.3, -0.25) is 14.9 Å². The van der Waals surface area contributed by atoms with E-state index >= 15 is 0 Å². The van der Waals surface area contributed by atoms with Gasteiger partial charge in [0.2, 0.25) is 11.8 Å². The first kappa shape index (κ1) is 10.4. The van der Waals surface area contributed by atoms with Crippen molar-refractivity contribution < 1.29 is 14.7 Å². The number of nitrogens with one attached hydrogen (secondary N) is 1. The zero-order valence-electron chi connectivity index (χ0n) is 8.86. The van der Waals surface area contributed by atoms with E-state index in [0.29, 0.717) is 0 Å². The van der Waals surface area contributed by atoms with Crippen LogP contribution < -0.4 is 5.32 Å². The molecular formula is C11H15NO3. The van der Waals surface area contributed by atoms with Gasteiger partial charge in [-0.05, 0) is 12.8 Å². The molecule has 0 aromatic heterocycles. The van der Waals surface area contributed by atoms with Crippen molar-refractivity contribution in [1.82, 2.24) is 5.32 Å². The molecule has 1 heterocycles. The van der Waals surface area contributed by atoms with Gasteiger partial charge in [0, 0.05) is 5.92 Å². The van der Waals surface area contributed by atoms with Gasteiger partial charge < -0.3 is 5.11 Å². The summed E-state index contributed by atoms with van der Waals surface area (Å²) in [7, 11) is 0. The molecule has 0 aromatic rings. The first-order chi connectivity index (χ1) is 7.06. The molecular weight excluding hydrogens is 194 g/mol. The van der Waals surface area contributed by atoms with E-state index in [9.17, 15) is 14.7 Å².